The van der Waals surface area contributed by atoms with Crippen LogP contribution in [0.5, 0.6) is 0 Å². The van der Waals surface area contributed by atoms with Gasteiger partial charge in [-0.25, -0.2) is 9.97 Å². The Balaban J connectivity index is 2.11. The van der Waals surface area contributed by atoms with Crippen molar-refractivity contribution in [2.45, 2.75) is 19.4 Å². The van der Waals surface area contributed by atoms with Crippen molar-refractivity contribution >= 4 is 11.7 Å². The van der Waals surface area contributed by atoms with Gasteiger partial charge in [-0.2, -0.15) is 0 Å². The number of carbonyl (C=O) groups excluding carboxylic acids is 1. The Morgan fingerprint density at radius 1 is 1.32 bits per heavy atom. The average molecular weight is 263 g/mol. The van der Waals surface area contributed by atoms with Crippen molar-refractivity contribution in [2.75, 3.05) is 39.0 Å². The molecule has 1 aromatic heterocycles. The molecule has 1 saturated heterocycles. The van der Waals surface area contributed by atoms with Crippen LogP contribution in [0.25, 0.3) is 0 Å². The SMILES string of the molecule is CNc1cnc(C(=O)N2CCN(C)C(C)(C)C2)cn1. The first kappa shape index (κ1) is 13.7. The Labute approximate surface area is 113 Å². The fourth-order valence-corrected chi connectivity index (χ4v) is 2.14. The van der Waals surface area contributed by atoms with Gasteiger partial charge in [-0.15, -0.1) is 0 Å². The van der Waals surface area contributed by atoms with Crippen LogP contribution in [0.3, 0.4) is 0 Å². The first-order chi connectivity index (χ1) is 8.94. The molecule has 0 aliphatic carbocycles. The molecule has 1 aliphatic heterocycles. The summed E-state index contributed by atoms with van der Waals surface area (Å²) < 4.78 is 0. The van der Waals surface area contributed by atoms with Crippen LogP contribution < -0.4 is 5.32 Å². The summed E-state index contributed by atoms with van der Waals surface area (Å²) in [4.78, 5) is 24.8. The number of aromatic nitrogens is 2. The summed E-state index contributed by atoms with van der Waals surface area (Å²) in [6, 6.07) is 0. The summed E-state index contributed by atoms with van der Waals surface area (Å²) >= 11 is 0. The highest BCUT2D eigenvalue weighted by molar-refractivity contribution is 5.92. The summed E-state index contributed by atoms with van der Waals surface area (Å²) in [7, 11) is 3.86. The third kappa shape index (κ3) is 2.84. The minimum atomic E-state index is -0.0451. The highest BCUT2D eigenvalue weighted by Gasteiger charge is 2.33. The second kappa shape index (κ2) is 5.13. The Bertz CT molecular complexity index is 457. The zero-order valence-corrected chi connectivity index (χ0v) is 12.0. The molecule has 6 nitrogen and oxygen atoms in total. The number of hydrogen-bond donors (Lipinski definition) is 1. The molecule has 104 valence electrons. The first-order valence-corrected chi connectivity index (χ1v) is 6.44. The molecule has 1 N–H and O–H groups in total. The summed E-state index contributed by atoms with van der Waals surface area (Å²) in [6.07, 6.45) is 3.11. The van der Waals surface area contributed by atoms with E-state index in [-0.39, 0.29) is 11.4 Å². The molecule has 0 aromatic carbocycles. The van der Waals surface area contributed by atoms with Crippen LogP contribution >= 0.6 is 0 Å². The Hall–Kier alpha value is -1.69. The van der Waals surface area contributed by atoms with Crippen LogP contribution in [-0.4, -0.2) is 64.9 Å². The average Bonchev–Trinajstić information content (AvgIpc) is 2.41. The van der Waals surface area contributed by atoms with E-state index in [0.717, 1.165) is 13.1 Å². The third-order valence-electron chi connectivity index (χ3n) is 3.73. The maximum Gasteiger partial charge on any atom is 0.274 e. The number of nitrogens with one attached hydrogen (secondary N) is 1. The molecule has 0 spiro atoms. The van der Waals surface area contributed by atoms with E-state index in [0.29, 0.717) is 18.1 Å². The molecule has 0 saturated carbocycles. The predicted molar refractivity (Wildman–Crippen MR) is 74.2 cm³/mol. The monoisotopic (exact) mass is 263 g/mol. The van der Waals surface area contributed by atoms with Gasteiger partial charge in [0.15, 0.2) is 0 Å². The van der Waals surface area contributed by atoms with Gasteiger partial charge in [-0.3, -0.25) is 9.69 Å². The number of hydrogen-bond acceptors (Lipinski definition) is 5. The van der Waals surface area contributed by atoms with E-state index < -0.39 is 0 Å². The van der Waals surface area contributed by atoms with Crippen molar-refractivity contribution in [1.29, 1.82) is 0 Å². The Morgan fingerprint density at radius 3 is 2.58 bits per heavy atom. The van der Waals surface area contributed by atoms with Gasteiger partial charge in [-0.05, 0) is 20.9 Å². The van der Waals surface area contributed by atoms with Gasteiger partial charge in [-0.1, -0.05) is 0 Å². The lowest BCUT2D eigenvalue weighted by Crippen LogP contribution is -2.58. The van der Waals surface area contributed by atoms with Crippen LogP contribution in [0.1, 0.15) is 24.3 Å². The number of anilines is 1. The molecule has 1 aliphatic rings. The molecule has 1 amide bonds. The van der Waals surface area contributed by atoms with Gasteiger partial charge < -0.3 is 10.2 Å². The van der Waals surface area contributed by atoms with E-state index in [1.165, 1.54) is 6.20 Å². The molecule has 19 heavy (non-hydrogen) atoms. The minimum Gasteiger partial charge on any atom is -0.372 e. The van der Waals surface area contributed by atoms with Crippen molar-refractivity contribution < 1.29 is 4.79 Å². The van der Waals surface area contributed by atoms with Gasteiger partial charge in [0.1, 0.15) is 11.5 Å². The summed E-state index contributed by atoms with van der Waals surface area (Å²) in [5.41, 5.74) is 0.394. The number of amides is 1. The molecule has 0 atom stereocenters. The van der Waals surface area contributed by atoms with E-state index in [1.807, 2.05) is 4.90 Å². The van der Waals surface area contributed by atoms with Crippen molar-refractivity contribution in [3.05, 3.63) is 18.1 Å². The maximum atomic E-state index is 12.4. The molecule has 6 heteroatoms. The molecular weight excluding hydrogens is 242 g/mol. The van der Waals surface area contributed by atoms with E-state index in [1.54, 1.807) is 13.2 Å². The van der Waals surface area contributed by atoms with Gasteiger partial charge in [0.05, 0.1) is 12.4 Å². The summed E-state index contributed by atoms with van der Waals surface area (Å²) in [5.74, 6) is 0.617. The van der Waals surface area contributed by atoms with Crippen molar-refractivity contribution in [3.8, 4) is 0 Å². The van der Waals surface area contributed by atoms with Gasteiger partial charge in [0, 0.05) is 32.2 Å². The zero-order chi connectivity index (χ0) is 14.0. The largest absolute Gasteiger partial charge is 0.372 e. The number of likely N-dealkylation sites (N-methyl/N-ethyl adjacent to an activating group) is 1. The van der Waals surface area contributed by atoms with Crippen molar-refractivity contribution in [2.24, 2.45) is 0 Å². The van der Waals surface area contributed by atoms with Crippen molar-refractivity contribution in [1.82, 2.24) is 19.8 Å². The van der Waals surface area contributed by atoms with Gasteiger partial charge in [0.25, 0.3) is 5.91 Å². The second-order valence-electron chi connectivity index (χ2n) is 5.50. The molecule has 0 unspecified atom stereocenters. The van der Waals surface area contributed by atoms with E-state index in [2.05, 4.69) is 41.1 Å². The maximum absolute atomic E-state index is 12.4. The Kier molecular flexibility index (Phi) is 3.71. The number of carbonyl (C=O) groups is 1. The lowest BCUT2D eigenvalue weighted by atomic mass is 9.99. The molecule has 0 bridgehead atoms. The first-order valence-electron chi connectivity index (χ1n) is 6.44. The van der Waals surface area contributed by atoms with E-state index in [4.69, 9.17) is 0 Å². The molecule has 0 radical (unpaired) electrons. The quantitative estimate of drug-likeness (QED) is 0.850. The van der Waals surface area contributed by atoms with E-state index in [9.17, 15) is 4.79 Å². The smallest absolute Gasteiger partial charge is 0.274 e. The molecule has 2 rings (SSSR count). The predicted octanol–water partition coefficient (Wildman–Crippen LogP) is 0.684. The topological polar surface area (TPSA) is 61.4 Å². The normalized spacial score (nSPS) is 19.3. The number of piperazine rings is 1. The minimum absolute atomic E-state index is 0.00769. The fraction of sp³-hybridized carbons (Fsp3) is 0.615. The third-order valence-corrected chi connectivity index (χ3v) is 3.73. The van der Waals surface area contributed by atoms with Crippen LogP contribution in [-0.2, 0) is 0 Å². The van der Waals surface area contributed by atoms with Gasteiger partial charge in [0.2, 0.25) is 0 Å². The van der Waals surface area contributed by atoms with Gasteiger partial charge >= 0.3 is 0 Å². The molecular formula is C13H21N5O. The lowest BCUT2D eigenvalue weighted by Gasteiger charge is -2.45. The van der Waals surface area contributed by atoms with Crippen LogP contribution in [0.15, 0.2) is 12.4 Å². The second-order valence-corrected chi connectivity index (χ2v) is 5.50. The van der Waals surface area contributed by atoms with Crippen LogP contribution in [0, 0.1) is 0 Å². The molecule has 1 aromatic rings. The standard InChI is InChI=1S/C13H21N5O/c1-13(2)9-18(6-5-17(13)4)12(19)10-7-16-11(14-3)8-15-10/h7-8H,5-6,9H2,1-4H3,(H,14,16). The summed E-state index contributed by atoms with van der Waals surface area (Å²) in [6.45, 7) is 6.59. The van der Waals surface area contributed by atoms with Crippen molar-refractivity contribution in [3.63, 3.8) is 0 Å². The summed E-state index contributed by atoms with van der Waals surface area (Å²) in [5, 5.41) is 2.89. The highest BCUT2D eigenvalue weighted by atomic mass is 16.2. The number of rotatable bonds is 2. The zero-order valence-electron chi connectivity index (χ0n) is 12.0. The Morgan fingerprint density at radius 2 is 2.05 bits per heavy atom. The van der Waals surface area contributed by atoms with Crippen LogP contribution in [0.4, 0.5) is 5.82 Å². The molecule has 1 fully saturated rings. The van der Waals surface area contributed by atoms with Crippen LogP contribution in [0.2, 0.25) is 0 Å². The highest BCUT2D eigenvalue weighted by Crippen LogP contribution is 2.20. The van der Waals surface area contributed by atoms with E-state index >= 15 is 0 Å². The molecule has 2 heterocycles. The fourth-order valence-electron chi connectivity index (χ4n) is 2.14. The number of nitrogens with zero attached hydrogens (tertiary/aromatic N) is 4. The lowest BCUT2D eigenvalue weighted by molar-refractivity contribution is 0.0307.